The lowest BCUT2D eigenvalue weighted by atomic mass is 9.70. The van der Waals surface area contributed by atoms with E-state index in [1.54, 1.807) is 11.0 Å². The van der Waals surface area contributed by atoms with Gasteiger partial charge in [-0.15, -0.1) is 0 Å². The Labute approximate surface area is 395 Å². The zero-order chi connectivity index (χ0) is 47.9. The Kier molecular flexibility index (Phi) is 17.1. The summed E-state index contributed by atoms with van der Waals surface area (Å²) in [6.07, 6.45) is 1.66. The van der Waals surface area contributed by atoms with E-state index in [1.807, 2.05) is 36.4 Å². The first kappa shape index (κ1) is 51.0. The number of likely N-dealkylation sites (tertiary alicyclic amines) is 1. The van der Waals surface area contributed by atoms with Crippen LogP contribution in [0, 0.1) is 23.4 Å². The summed E-state index contributed by atoms with van der Waals surface area (Å²) in [5.41, 5.74) is 0.788. The summed E-state index contributed by atoms with van der Waals surface area (Å²) in [4.78, 5) is 53.1. The first-order valence-electron chi connectivity index (χ1n) is 21.5. The van der Waals surface area contributed by atoms with Crippen molar-refractivity contribution in [2.24, 2.45) is 5.92 Å². The molecular weight excluding hydrogens is 936 g/mol. The fraction of sp³-hybridized carbons (Fsp3) is 0.533. The molecule has 0 radical (unpaired) electrons. The van der Waals surface area contributed by atoms with E-state index in [9.17, 15) is 22.8 Å². The van der Waals surface area contributed by atoms with Crippen molar-refractivity contribution in [1.29, 1.82) is 0 Å². The van der Waals surface area contributed by atoms with Gasteiger partial charge in [0.25, 0.3) is 0 Å². The van der Waals surface area contributed by atoms with Crippen LogP contribution in [0.15, 0.2) is 54.6 Å². The van der Waals surface area contributed by atoms with Crippen LogP contribution in [-0.4, -0.2) is 123 Å². The molecule has 3 aromatic carbocycles. The monoisotopic (exact) mass is 988 g/mol. The maximum absolute atomic E-state index is 15.6. The first-order valence-corrected chi connectivity index (χ1v) is 22.6. The van der Waals surface area contributed by atoms with Crippen LogP contribution in [-0.2, 0) is 32.1 Å². The Morgan fingerprint density at radius 3 is 2.09 bits per heavy atom. The number of carbonyl (C=O) groups is 3. The van der Waals surface area contributed by atoms with Crippen molar-refractivity contribution in [3.63, 3.8) is 0 Å². The molecule has 21 heteroatoms. The van der Waals surface area contributed by atoms with Crippen molar-refractivity contribution in [2.45, 2.75) is 98.8 Å². The van der Waals surface area contributed by atoms with Gasteiger partial charge in [-0.05, 0) is 106 Å². The number of piperidine rings is 1. The van der Waals surface area contributed by atoms with E-state index < -0.39 is 74.1 Å². The maximum Gasteiger partial charge on any atom is 0.411 e. The highest BCUT2D eigenvalue weighted by Gasteiger charge is 2.56. The first-order chi connectivity index (χ1) is 31.3. The SMILES string of the molecule is COc1cc(CN(C(=O)C2C(c3ccc(CCCOc4c(F)ccc(F)c4F)cc3)CC3CN(C(=O)OCCCCON(O)O)CC2N3C(=O)OC(C)(C)C(Cl)(Cl)Cl)C2CC2)cc(OC)c1. The Balaban J connectivity index is 1.32. The van der Waals surface area contributed by atoms with Crippen molar-refractivity contribution in [1.82, 2.24) is 20.1 Å². The van der Waals surface area contributed by atoms with Gasteiger partial charge in [0.05, 0.1) is 57.4 Å². The van der Waals surface area contributed by atoms with Gasteiger partial charge in [0.15, 0.2) is 23.0 Å². The standard InChI is InChI=1S/C45H54Cl3F3N4O11/c1-44(2,45(46,47)48)66-43(58)54-31-22-34(29-11-9-27(10-12-29)8-7-18-63-40-36(50)16-15-35(49)39(40)51)38(37(54)26-52(25-31)42(57)64-17-5-6-19-65-55(59)60)41(56)53(30-13-14-30)24-28-20-32(61-3)23-33(21-28)62-4/h9-12,15-16,20-21,23,30-31,34,37-38,59-60H,5-8,13-14,17-19,22,24-26H2,1-4H3. The Hall–Kier alpha value is -4.43. The molecule has 0 aromatic heterocycles. The number of fused-ring (bicyclic) bond motifs is 2. The van der Waals surface area contributed by atoms with Crippen molar-refractivity contribution < 1.29 is 66.5 Å². The van der Waals surface area contributed by atoms with E-state index in [0.717, 1.165) is 35.6 Å². The molecule has 1 saturated carbocycles. The summed E-state index contributed by atoms with van der Waals surface area (Å²) in [6.45, 7) is 2.86. The number of piperazine rings is 1. The van der Waals surface area contributed by atoms with E-state index in [1.165, 1.54) is 37.9 Å². The second-order valence-electron chi connectivity index (χ2n) is 17.0. The number of hydrogen-bond acceptors (Lipinski definition) is 12. The minimum absolute atomic E-state index is 0.0175. The number of benzene rings is 3. The fourth-order valence-corrected chi connectivity index (χ4v) is 8.49. The second-order valence-corrected chi connectivity index (χ2v) is 19.3. The van der Waals surface area contributed by atoms with E-state index >= 15 is 4.79 Å². The normalized spacial score (nSPS) is 19.7. The number of methoxy groups -OCH3 is 2. The molecule has 362 valence electrons. The van der Waals surface area contributed by atoms with Gasteiger partial charge in [-0.1, -0.05) is 59.1 Å². The summed E-state index contributed by atoms with van der Waals surface area (Å²) < 4.78 is 67.9. The quantitative estimate of drug-likeness (QED) is 0.0509. The zero-order valence-corrected chi connectivity index (χ0v) is 39.2. The van der Waals surface area contributed by atoms with Crippen molar-refractivity contribution in [3.8, 4) is 17.2 Å². The summed E-state index contributed by atoms with van der Waals surface area (Å²) in [7, 11) is 3.07. The number of ether oxygens (including phenoxy) is 5. The second kappa shape index (κ2) is 22.1. The van der Waals surface area contributed by atoms with Crippen LogP contribution in [0.25, 0.3) is 0 Å². The molecule has 0 spiro atoms. The molecule has 2 bridgehead atoms. The van der Waals surface area contributed by atoms with E-state index in [0.29, 0.717) is 43.2 Å². The third-order valence-corrected chi connectivity index (χ3v) is 13.4. The molecule has 2 heterocycles. The van der Waals surface area contributed by atoms with Gasteiger partial charge in [0.2, 0.25) is 15.5 Å². The average molecular weight is 990 g/mol. The number of aryl methyl sites for hydroxylation is 1. The van der Waals surface area contributed by atoms with Crippen LogP contribution in [0.2, 0.25) is 0 Å². The van der Waals surface area contributed by atoms with Crippen LogP contribution in [0.1, 0.15) is 75.0 Å². The molecule has 1 aliphatic carbocycles. The van der Waals surface area contributed by atoms with Gasteiger partial charge in [-0.2, -0.15) is 4.39 Å². The molecule has 15 nitrogen and oxygen atoms in total. The lowest BCUT2D eigenvalue weighted by Gasteiger charge is -2.55. The van der Waals surface area contributed by atoms with Gasteiger partial charge in [0.1, 0.15) is 11.5 Å². The van der Waals surface area contributed by atoms with Gasteiger partial charge in [-0.25, -0.2) is 18.4 Å². The molecular formula is C45H54Cl3F3N4O11. The van der Waals surface area contributed by atoms with Crippen LogP contribution < -0.4 is 14.2 Å². The molecule has 6 rings (SSSR count). The molecule has 66 heavy (non-hydrogen) atoms. The van der Waals surface area contributed by atoms with Crippen molar-refractivity contribution in [3.05, 3.63) is 88.7 Å². The lowest BCUT2D eigenvalue weighted by molar-refractivity contribution is -0.492. The molecule has 4 atom stereocenters. The smallest absolute Gasteiger partial charge is 0.411 e. The lowest BCUT2D eigenvalue weighted by Crippen LogP contribution is -2.70. The highest BCUT2D eigenvalue weighted by molar-refractivity contribution is 6.68. The molecule has 3 fully saturated rings. The van der Waals surface area contributed by atoms with Gasteiger partial charge < -0.3 is 33.5 Å². The third kappa shape index (κ3) is 12.6. The molecule has 4 unspecified atom stereocenters. The number of hydrogen-bond donors (Lipinski definition) is 2. The Bertz CT molecular complexity index is 2140. The minimum atomic E-state index is -2.03. The Morgan fingerprint density at radius 1 is 0.818 bits per heavy atom. The number of nitrogens with zero attached hydrogens (tertiary/aromatic N) is 4. The maximum atomic E-state index is 15.6. The van der Waals surface area contributed by atoms with Crippen LogP contribution in [0.4, 0.5) is 22.8 Å². The average Bonchev–Trinajstić information content (AvgIpc) is 4.12. The summed E-state index contributed by atoms with van der Waals surface area (Å²) in [6, 6.07) is 12.7. The van der Waals surface area contributed by atoms with Gasteiger partial charge in [-0.3, -0.25) is 24.9 Å². The van der Waals surface area contributed by atoms with E-state index in [-0.39, 0.29) is 57.8 Å². The van der Waals surface area contributed by atoms with E-state index in [4.69, 9.17) is 68.9 Å². The summed E-state index contributed by atoms with van der Waals surface area (Å²) >= 11 is 18.8. The third-order valence-electron chi connectivity index (χ3n) is 12.0. The van der Waals surface area contributed by atoms with Gasteiger partial charge >= 0.3 is 12.2 Å². The van der Waals surface area contributed by atoms with Gasteiger partial charge in [0, 0.05) is 31.7 Å². The number of alkyl halides is 3. The molecule has 2 saturated heterocycles. The number of amides is 3. The molecule has 2 N–H and O–H groups in total. The predicted octanol–water partition coefficient (Wildman–Crippen LogP) is 9.00. The summed E-state index contributed by atoms with van der Waals surface area (Å²) in [5.74, 6) is -5.02. The zero-order valence-electron chi connectivity index (χ0n) is 36.9. The molecule has 3 amide bonds. The molecule has 2 aliphatic heterocycles. The fourth-order valence-electron chi connectivity index (χ4n) is 8.37. The summed E-state index contributed by atoms with van der Waals surface area (Å²) in [5, 5.41) is 17.2. The van der Waals surface area contributed by atoms with E-state index in [2.05, 4.69) is 4.84 Å². The van der Waals surface area contributed by atoms with Crippen LogP contribution in [0.5, 0.6) is 17.2 Å². The number of carbonyl (C=O) groups excluding carboxylic acids is 3. The van der Waals surface area contributed by atoms with Crippen molar-refractivity contribution >= 4 is 52.9 Å². The molecule has 3 aromatic rings. The highest BCUT2D eigenvalue weighted by atomic mass is 35.6. The predicted molar refractivity (Wildman–Crippen MR) is 234 cm³/mol. The Morgan fingerprint density at radius 2 is 1.47 bits per heavy atom. The van der Waals surface area contributed by atoms with Crippen molar-refractivity contribution in [2.75, 3.05) is 47.1 Å². The number of rotatable bonds is 19. The molecule has 3 aliphatic rings. The largest absolute Gasteiger partial charge is 0.497 e. The number of halogens is 6. The number of unbranched alkanes of at least 4 members (excludes halogenated alkanes) is 1. The van der Waals surface area contributed by atoms with Crippen LogP contribution in [0.3, 0.4) is 0 Å². The topological polar surface area (TPSA) is 160 Å². The highest BCUT2D eigenvalue weighted by Crippen LogP contribution is 2.47. The minimum Gasteiger partial charge on any atom is -0.497 e. The van der Waals surface area contributed by atoms with Crippen LogP contribution >= 0.6 is 34.8 Å².